The van der Waals surface area contributed by atoms with Crippen LogP contribution in [-0.4, -0.2) is 31.0 Å². The molecule has 0 bridgehead atoms. The van der Waals surface area contributed by atoms with Gasteiger partial charge in [0.2, 0.25) is 11.8 Å². The van der Waals surface area contributed by atoms with Crippen LogP contribution in [0.3, 0.4) is 0 Å². The minimum absolute atomic E-state index is 0.0726. The highest BCUT2D eigenvalue weighted by Crippen LogP contribution is 2.27. The third-order valence-corrected chi connectivity index (χ3v) is 5.28. The van der Waals surface area contributed by atoms with Gasteiger partial charge >= 0.3 is 0 Å². The van der Waals surface area contributed by atoms with Crippen molar-refractivity contribution in [3.05, 3.63) is 47.5 Å². The second kappa shape index (κ2) is 9.38. The number of nitrogens with one attached hydrogen (secondary N) is 2. The van der Waals surface area contributed by atoms with E-state index in [0.29, 0.717) is 29.6 Å². The van der Waals surface area contributed by atoms with E-state index < -0.39 is 0 Å². The van der Waals surface area contributed by atoms with E-state index in [2.05, 4.69) is 15.6 Å². The summed E-state index contributed by atoms with van der Waals surface area (Å²) in [6.07, 6.45) is 0.649. The van der Waals surface area contributed by atoms with Crippen molar-refractivity contribution in [3.8, 4) is 11.5 Å². The van der Waals surface area contributed by atoms with Gasteiger partial charge in [-0.15, -0.1) is 0 Å². The van der Waals surface area contributed by atoms with Gasteiger partial charge in [-0.2, -0.15) is 0 Å². The van der Waals surface area contributed by atoms with E-state index >= 15 is 0 Å². The first-order valence-electron chi connectivity index (χ1n) is 9.19. The van der Waals surface area contributed by atoms with Gasteiger partial charge in [0.1, 0.15) is 11.5 Å². The van der Waals surface area contributed by atoms with Crippen LogP contribution in [0.1, 0.15) is 24.5 Å². The summed E-state index contributed by atoms with van der Waals surface area (Å²) in [5, 5.41) is 6.25. The Labute approximate surface area is 173 Å². The lowest BCUT2D eigenvalue weighted by Crippen LogP contribution is -2.24. The predicted molar refractivity (Wildman–Crippen MR) is 114 cm³/mol. The van der Waals surface area contributed by atoms with Crippen LogP contribution < -0.4 is 20.1 Å². The number of anilines is 1. The lowest BCUT2D eigenvalue weighted by molar-refractivity contribution is -0.120. The molecule has 0 radical (unpaired) electrons. The maximum Gasteiger partial charge on any atom is 0.225 e. The highest BCUT2D eigenvalue weighted by molar-refractivity contribution is 7.22. The first kappa shape index (κ1) is 20.6. The van der Waals surface area contributed by atoms with Gasteiger partial charge in [0.05, 0.1) is 30.9 Å². The first-order chi connectivity index (χ1) is 14.0. The van der Waals surface area contributed by atoms with Crippen LogP contribution in [0, 0.1) is 0 Å². The van der Waals surface area contributed by atoms with Gasteiger partial charge < -0.3 is 20.1 Å². The van der Waals surface area contributed by atoms with Crippen molar-refractivity contribution in [1.29, 1.82) is 0 Å². The summed E-state index contributed by atoms with van der Waals surface area (Å²) in [4.78, 5) is 28.3. The Bertz CT molecular complexity index is 1030. The second-order valence-corrected chi connectivity index (χ2v) is 7.38. The number of carbonyl (C=O) groups is 2. The van der Waals surface area contributed by atoms with Crippen LogP contribution in [0.2, 0.25) is 0 Å². The zero-order valence-electron chi connectivity index (χ0n) is 16.6. The largest absolute Gasteiger partial charge is 0.497 e. The molecule has 3 rings (SSSR count). The standard InChI is InChI=1S/C21H23N3O4S/c1-4-19(25)24-21-23-16-7-5-13(9-18(16)29-21)10-20(26)22-12-14-11-15(27-2)6-8-17(14)28-3/h5-9,11H,4,10,12H2,1-3H3,(H,22,26)(H,23,24,25). The van der Waals surface area contributed by atoms with E-state index in [1.807, 2.05) is 36.4 Å². The van der Waals surface area contributed by atoms with E-state index in [1.165, 1.54) is 11.3 Å². The Balaban J connectivity index is 1.64. The zero-order valence-corrected chi connectivity index (χ0v) is 17.4. The van der Waals surface area contributed by atoms with E-state index in [-0.39, 0.29) is 18.2 Å². The van der Waals surface area contributed by atoms with Crippen molar-refractivity contribution in [3.63, 3.8) is 0 Å². The Hall–Kier alpha value is -3.13. The number of aromatic nitrogens is 1. The molecule has 2 N–H and O–H groups in total. The molecular weight excluding hydrogens is 390 g/mol. The normalized spacial score (nSPS) is 10.6. The van der Waals surface area contributed by atoms with Crippen molar-refractivity contribution in [1.82, 2.24) is 10.3 Å². The van der Waals surface area contributed by atoms with Gasteiger partial charge in [-0.1, -0.05) is 24.3 Å². The number of carbonyl (C=O) groups excluding carboxylic acids is 2. The molecule has 152 valence electrons. The molecule has 2 aromatic carbocycles. The van der Waals surface area contributed by atoms with Crippen molar-refractivity contribution >= 4 is 38.5 Å². The first-order valence-corrected chi connectivity index (χ1v) is 10.0. The number of rotatable bonds is 8. The van der Waals surface area contributed by atoms with Gasteiger partial charge in [0, 0.05) is 18.5 Å². The molecule has 7 nitrogen and oxygen atoms in total. The number of benzene rings is 2. The SMILES string of the molecule is CCC(=O)Nc1nc2ccc(CC(=O)NCc3cc(OC)ccc3OC)cc2s1. The van der Waals surface area contributed by atoms with Crippen molar-refractivity contribution in [2.45, 2.75) is 26.3 Å². The lowest BCUT2D eigenvalue weighted by Gasteiger charge is -2.11. The summed E-state index contributed by atoms with van der Waals surface area (Å²) >= 11 is 1.40. The highest BCUT2D eigenvalue weighted by Gasteiger charge is 2.11. The molecule has 0 saturated carbocycles. The molecule has 0 fully saturated rings. The lowest BCUT2D eigenvalue weighted by atomic mass is 10.1. The van der Waals surface area contributed by atoms with Crippen molar-refractivity contribution in [2.75, 3.05) is 19.5 Å². The zero-order chi connectivity index (χ0) is 20.8. The van der Waals surface area contributed by atoms with Crippen molar-refractivity contribution in [2.24, 2.45) is 0 Å². The molecule has 0 unspecified atom stereocenters. The number of nitrogens with zero attached hydrogens (tertiary/aromatic N) is 1. The van der Waals surface area contributed by atoms with Gasteiger partial charge in [0.25, 0.3) is 0 Å². The highest BCUT2D eigenvalue weighted by atomic mass is 32.1. The average molecular weight is 413 g/mol. The minimum atomic E-state index is -0.0988. The summed E-state index contributed by atoms with van der Waals surface area (Å²) in [5.74, 6) is 1.23. The van der Waals surface area contributed by atoms with Crippen LogP contribution in [0.5, 0.6) is 11.5 Å². The van der Waals surface area contributed by atoms with E-state index in [1.54, 1.807) is 21.1 Å². The third-order valence-electron chi connectivity index (χ3n) is 4.35. The fourth-order valence-electron chi connectivity index (χ4n) is 2.80. The van der Waals surface area contributed by atoms with Crippen LogP contribution in [0.25, 0.3) is 10.2 Å². The van der Waals surface area contributed by atoms with Crippen LogP contribution >= 0.6 is 11.3 Å². The molecule has 0 atom stereocenters. The molecule has 29 heavy (non-hydrogen) atoms. The van der Waals surface area contributed by atoms with Crippen molar-refractivity contribution < 1.29 is 19.1 Å². The Morgan fingerprint density at radius 3 is 2.62 bits per heavy atom. The Kier molecular flexibility index (Phi) is 6.66. The minimum Gasteiger partial charge on any atom is -0.497 e. The molecule has 1 heterocycles. The summed E-state index contributed by atoms with van der Waals surface area (Å²) in [6, 6.07) is 11.1. The van der Waals surface area contributed by atoms with E-state index in [0.717, 1.165) is 21.3 Å². The number of fused-ring (bicyclic) bond motifs is 1. The van der Waals surface area contributed by atoms with E-state index in [9.17, 15) is 9.59 Å². The van der Waals surface area contributed by atoms with Gasteiger partial charge in [0.15, 0.2) is 5.13 Å². The van der Waals surface area contributed by atoms with E-state index in [4.69, 9.17) is 9.47 Å². The summed E-state index contributed by atoms with van der Waals surface area (Å²) in [5.41, 5.74) is 2.52. The monoisotopic (exact) mass is 413 g/mol. The van der Waals surface area contributed by atoms with Gasteiger partial charge in [-0.05, 0) is 35.9 Å². The Morgan fingerprint density at radius 2 is 1.90 bits per heavy atom. The molecular formula is C21H23N3O4S. The third kappa shape index (κ3) is 5.23. The topological polar surface area (TPSA) is 89.6 Å². The van der Waals surface area contributed by atoms with Gasteiger partial charge in [-0.3, -0.25) is 9.59 Å². The molecule has 2 amide bonds. The summed E-state index contributed by atoms with van der Waals surface area (Å²) < 4.78 is 11.5. The number of methoxy groups -OCH3 is 2. The Morgan fingerprint density at radius 1 is 1.07 bits per heavy atom. The predicted octanol–water partition coefficient (Wildman–Crippen LogP) is 3.52. The second-order valence-electron chi connectivity index (χ2n) is 6.35. The quantitative estimate of drug-likeness (QED) is 0.590. The maximum absolute atomic E-state index is 12.4. The molecule has 8 heteroatoms. The fourth-order valence-corrected chi connectivity index (χ4v) is 3.75. The molecule has 0 aliphatic heterocycles. The number of ether oxygens (including phenoxy) is 2. The number of hydrogen-bond donors (Lipinski definition) is 2. The number of thiazole rings is 1. The molecule has 3 aromatic rings. The number of hydrogen-bond acceptors (Lipinski definition) is 6. The molecule has 0 spiro atoms. The molecule has 0 aliphatic rings. The van der Waals surface area contributed by atoms with Gasteiger partial charge in [-0.25, -0.2) is 4.98 Å². The maximum atomic E-state index is 12.4. The fraction of sp³-hybridized carbons (Fsp3) is 0.286. The summed E-state index contributed by atoms with van der Waals surface area (Å²) in [7, 11) is 3.19. The summed E-state index contributed by atoms with van der Waals surface area (Å²) in [6.45, 7) is 2.13. The van der Waals surface area contributed by atoms with Crippen LogP contribution in [-0.2, 0) is 22.6 Å². The smallest absolute Gasteiger partial charge is 0.225 e. The molecule has 1 aromatic heterocycles. The average Bonchev–Trinajstić information content (AvgIpc) is 3.13. The molecule has 0 aliphatic carbocycles. The van der Waals surface area contributed by atoms with Crippen LogP contribution in [0.4, 0.5) is 5.13 Å². The van der Waals surface area contributed by atoms with Crippen LogP contribution in [0.15, 0.2) is 36.4 Å². The molecule has 0 saturated heterocycles. The number of amides is 2.